The highest BCUT2D eigenvalue weighted by atomic mass is 35.5. The molecule has 0 radical (unpaired) electrons. The van der Waals surface area contributed by atoms with Gasteiger partial charge in [0.25, 0.3) is 0 Å². The number of rotatable bonds is 3. The Balaban J connectivity index is 2.31. The van der Waals surface area contributed by atoms with Gasteiger partial charge < -0.3 is 5.32 Å². The molecular formula is C13H8ClF3N2O2. The molecule has 2 aromatic rings. The number of nitro benzene ring substituents is 1. The van der Waals surface area contributed by atoms with Gasteiger partial charge in [-0.1, -0.05) is 17.7 Å². The summed E-state index contributed by atoms with van der Waals surface area (Å²) in [7, 11) is 0. The first kappa shape index (κ1) is 15.1. The minimum absolute atomic E-state index is 0.0584. The fourth-order valence-electron chi connectivity index (χ4n) is 1.70. The Hall–Kier alpha value is -2.28. The zero-order valence-corrected chi connectivity index (χ0v) is 11.1. The van der Waals surface area contributed by atoms with Gasteiger partial charge in [-0.15, -0.1) is 0 Å². The second-order valence-corrected chi connectivity index (χ2v) is 4.50. The summed E-state index contributed by atoms with van der Waals surface area (Å²) in [5, 5.41) is 13.6. The first-order valence-corrected chi connectivity index (χ1v) is 6.04. The SMILES string of the molecule is O=[N+]([O-])c1c(Cl)cccc1Nc1ccc(C(F)(F)F)cc1. The van der Waals surface area contributed by atoms with E-state index in [1.165, 1.54) is 30.3 Å². The molecular weight excluding hydrogens is 309 g/mol. The van der Waals surface area contributed by atoms with Crippen molar-refractivity contribution in [3.05, 3.63) is 63.2 Å². The Kier molecular flexibility index (Phi) is 4.04. The molecule has 21 heavy (non-hydrogen) atoms. The van der Waals surface area contributed by atoms with Gasteiger partial charge in [-0.2, -0.15) is 13.2 Å². The van der Waals surface area contributed by atoms with Crippen LogP contribution in [0.4, 0.5) is 30.2 Å². The predicted octanol–water partition coefficient (Wildman–Crippen LogP) is 5.01. The standard InChI is InChI=1S/C13H8ClF3N2O2/c14-10-2-1-3-11(12(10)19(20)21)18-9-6-4-8(5-7-9)13(15,16)17/h1-7,18H. The number of benzene rings is 2. The van der Waals surface area contributed by atoms with E-state index in [9.17, 15) is 23.3 Å². The van der Waals surface area contributed by atoms with Crippen molar-refractivity contribution in [2.24, 2.45) is 0 Å². The van der Waals surface area contributed by atoms with Crippen LogP contribution in [-0.2, 0) is 6.18 Å². The van der Waals surface area contributed by atoms with E-state index in [4.69, 9.17) is 11.6 Å². The third-order valence-corrected chi connectivity index (χ3v) is 2.97. The van der Waals surface area contributed by atoms with Crippen LogP contribution < -0.4 is 5.32 Å². The topological polar surface area (TPSA) is 55.2 Å². The molecule has 0 heterocycles. The largest absolute Gasteiger partial charge is 0.416 e. The number of para-hydroxylation sites is 1. The molecule has 0 bridgehead atoms. The first-order valence-electron chi connectivity index (χ1n) is 5.66. The summed E-state index contributed by atoms with van der Waals surface area (Å²) >= 11 is 5.75. The normalized spacial score (nSPS) is 11.2. The maximum atomic E-state index is 12.4. The van der Waals surface area contributed by atoms with Crippen molar-refractivity contribution in [1.82, 2.24) is 0 Å². The van der Waals surface area contributed by atoms with Crippen LogP contribution in [0, 0.1) is 10.1 Å². The molecule has 8 heteroatoms. The fourth-order valence-corrected chi connectivity index (χ4v) is 1.94. The van der Waals surface area contributed by atoms with Crippen LogP contribution in [-0.4, -0.2) is 4.92 Å². The number of hydrogen-bond donors (Lipinski definition) is 1. The van der Waals surface area contributed by atoms with Crippen LogP contribution in [0.3, 0.4) is 0 Å². The van der Waals surface area contributed by atoms with Gasteiger partial charge >= 0.3 is 11.9 Å². The number of hydrogen-bond acceptors (Lipinski definition) is 3. The van der Waals surface area contributed by atoms with Crippen LogP contribution in [0.25, 0.3) is 0 Å². The summed E-state index contributed by atoms with van der Waals surface area (Å²) in [6.45, 7) is 0. The van der Waals surface area contributed by atoms with Gasteiger partial charge in [-0.25, -0.2) is 0 Å². The predicted molar refractivity (Wildman–Crippen MR) is 72.8 cm³/mol. The summed E-state index contributed by atoms with van der Waals surface area (Å²) in [4.78, 5) is 10.3. The molecule has 0 aliphatic rings. The van der Waals surface area contributed by atoms with Crippen molar-refractivity contribution in [1.29, 1.82) is 0 Å². The molecule has 0 aliphatic carbocycles. The lowest BCUT2D eigenvalue weighted by molar-refractivity contribution is -0.383. The molecule has 0 atom stereocenters. The van der Waals surface area contributed by atoms with Crippen LogP contribution in [0.15, 0.2) is 42.5 Å². The number of alkyl halides is 3. The number of nitro groups is 1. The lowest BCUT2D eigenvalue weighted by Crippen LogP contribution is -2.04. The zero-order valence-electron chi connectivity index (χ0n) is 10.3. The Bertz CT molecular complexity index is 672. The Morgan fingerprint density at radius 3 is 2.24 bits per heavy atom. The zero-order chi connectivity index (χ0) is 15.6. The van der Waals surface area contributed by atoms with Crippen LogP contribution in [0.1, 0.15) is 5.56 Å². The van der Waals surface area contributed by atoms with Crippen LogP contribution in [0.5, 0.6) is 0 Å². The van der Waals surface area contributed by atoms with Gasteiger partial charge in [0.15, 0.2) is 0 Å². The molecule has 0 unspecified atom stereocenters. The van der Waals surface area contributed by atoms with Crippen LogP contribution >= 0.6 is 11.6 Å². The van der Waals surface area contributed by atoms with E-state index in [1.54, 1.807) is 0 Å². The van der Waals surface area contributed by atoms with Crippen molar-refractivity contribution in [2.75, 3.05) is 5.32 Å². The van der Waals surface area contributed by atoms with E-state index in [-0.39, 0.29) is 22.1 Å². The fraction of sp³-hybridized carbons (Fsp3) is 0.0769. The van der Waals surface area contributed by atoms with Crippen molar-refractivity contribution >= 4 is 28.7 Å². The van der Waals surface area contributed by atoms with Gasteiger partial charge in [0.05, 0.1) is 10.5 Å². The third kappa shape index (κ3) is 3.43. The molecule has 2 aromatic carbocycles. The maximum absolute atomic E-state index is 12.4. The van der Waals surface area contributed by atoms with E-state index >= 15 is 0 Å². The molecule has 0 aliphatic heterocycles. The summed E-state index contributed by atoms with van der Waals surface area (Å²) in [6, 6.07) is 8.43. The molecule has 0 saturated heterocycles. The molecule has 0 spiro atoms. The monoisotopic (exact) mass is 316 g/mol. The first-order chi connectivity index (χ1) is 9.79. The minimum atomic E-state index is -4.43. The minimum Gasteiger partial charge on any atom is -0.350 e. The average molecular weight is 317 g/mol. The van der Waals surface area contributed by atoms with Gasteiger partial charge in [-0.05, 0) is 36.4 Å². The highest BCUT2D eigenvalue weighted by molar-refractivity contribution is 6.33. The van der Waals surface area contributed by atoms with E-state index in [0.29, 0.717) is 0 Å². The average Bonchev–Trinajstić information content (AvgIpc) is 2.38. The van der Waals surface area contributed by atoms with Gasteiger partial charge in [0.2, 0.25) is 0 Å². The molecule has 0 saturated carbocycles. The summed E-state index contributed by atoms with van der Waals surface area (Å²) in [5.41, 5.74) is -0.742. The van der Waals surface area contributed by atoms with E-state index in [2.05, 4.69) is 5.32 Å². The number of anilines is 2. The van der Waals surface area contributed by atoms with E-state index in [1.807, 2.05) is 0 Å². The van der Waals surface area contributed by atoms with Crippen LogP contribution in [0.2, 0.25) is 5.02 Å². The molecule has 1 N–H and O–H groups in total. The van der Waals surface area contributed by atoms with E-state index in [0.717, 1.165) is 12.1 Å². The van der Waals surface area contributed by atoms with Crippen molar-refractivity contribution in [3.63, 3.8) is 0 Å². The summed E-state index contributed by atoms with van der Waals surface area (Å²) in [5.74, 6) is 0. The molecule has 2 rings (SSSR count). The number of nitrogens with zero attached hydrogens (tertiary/aromatic N) is 1. The Morgan fingerprint density at radius 2 is 1.71 bits per heavy atom. The molecule has 4 nitrogen and oxygen atoms in total. The Morgan fingerprint density at radius 1 is 1.10 bits per heavy atom. The lowest BCUT2D eigenvalue weighted by Gasteiger charge is -2.10. The highest BCUT2D eigenvalue weighted by Gasteiger charge is 2.30. The van der Waals surface area contributed by atoms with Crippen molar-refractivity contribution in [2.45, 2.75) is 6.18 Å². The van der Waals surface area contributed by atoms with Crippen molar-refractivity contribution < 1.29 is 18.1 Å². The van der Waals surface area contributed by atoms with E-state index < -0.39 is 16.7 Å². The van der Waals surface area contributed by atoms with Crippen molar-refractivity contribution in [3.8, 4) is 0 Å². The summed E-state index contributed by atoms with van der Waals surface area (Å²) < 4.78 is 37.3. The Labute approximate surface area is 122 Å². The second kappa shape index (κ2) is 5.61. The second-order valence-electron chi connectivity index (χ2n) is 4.09. The number of halogens is 4. The molecule has 0 amide bonds. The van der Waals surface area contributed by atoms with Gasteiger partial charge in [0, 0.05) is 5.69 Å². The molecule has 110 valence electrons. The molecule has 0 fully saturated rings. The number of nitrogens with one attached hydrogen (secondary N) is 1. The van der Waals surface area contributed by atoms with Gasteiger partial charge in [-0.3, -0.25) is 10.1 Å². The van der Waals surface area contributed by atoms with Gasteiger partial charge in [0.1, 0.15) is 10.7 Å². The smallest absolute Gasteiger partial charge is 0.350 e. The summed E-state index contributed by atoms with van der Waals surface area (Å²) in [6.07, 6.45) is -4.43. The molecule has 0 aromatic heterocycles. The maximum Gasteiger partial charge on any atom is 0.416 e. The highest BCUT2D eigenvalue weighted by Crippen LogP contribution is 2.35. The lowest BCUT2D eigenvalue weighted by atomic mass is 10.2. The quantitative estimate of drug-likeness (QED) is 0.639. The third-order valence-electron chi connectivity index (χ3n) is 2.66.